The van der Waals surface area contributed by atoms with Gasteiger partial charge in [0.05, 0.1) is 5.56 Å². The van der Waals surface area contributed by atoms with Gasteiger partial charge in [0.25, 0.3) is 0 Å². The zero-order valence-corrected chi connectivity index (χ0v) is 17.8. The van der Waals surface area contributed by atoms with E-state index < -0.39 is 20.7 Å². The monoisotopic (exact) mass is 560 g/mol. The Balaban J connectivity index is 2.13. The van der Waals surface area contributed by atoms with Crippen molar-refractivity contribution in [2.24, 2.45) is 0 Å². The summed E-state index contributed by atoms with van der Waals surface area (Å²) in [7, 11) is 0. The summed E-state index contributed by atoms with van der Waals surface area (Å²) in [5.41, 5.74) is 4.61. The number of anilines is 2. The summed E-state index contributed by atoms with van der Waals surface area (Å²) in [6, 6.07) is 5.48. The van der Waals surface area contributed by atoms with Crippen LogP contribution in [0.4, 0.5) is 11.5 Å². The first-order valence-corrected chi connectivity index (χ1v) is 10.9. The number of hydrogen-bond acceptors (Lipinski definition) is 5. The zero-order valence-electron chi connectivity index (χ0n) is 13.5. The van der Waals surface area contributed by atoms with Gasteiger partial charge in [0.1, 0.15) is 11.8 Å². The van der Waals surface area contributed by atoms with Crippen LogP contribution in [0.1, 0.15) is 31.8 Å². The van der Waals surface area contributed by atoms with E-state index in [1.807, 2.05) is 19.9 Å². The molecule has 3 aromatic rings. The van der Waals surface area contributed by atoms with Gasteiger partial charge in [-0.05, 0) is 51.8 Å². The Morgan fingerprint density at radius 2 is 2.08 bits per heavy atom. The summed E-state index contributed by atoms with van der Waals surface area (Å²) in [6.45, 7) is 3.84. The fourth-order valence-electron chi connectivity index (χ4n) is 2.53. The number of nitrogens with zero attached hydrogens (tertiary/aromatic N) is 3. The molecule has 1 aromatic carbocycles. The highest BCUT2D eigenvalue weighted by Crippen LogP contribution is 2.29. The molecule has 3 rings (SSSR count). The van der Waals surface area contributed by atoms with Gasteiger partial charge in [0, 0.05) is 40.0 Å². The van der Waals surface area contributed by atoms with Gasteiger partial charge in [0.2, 0.25) is 7.58 Å². The predicted octanol–water partition coefficient (Wildman–Crippen LogP) is 4.21. The van der Waals surface area contributed by atoms with E-state index in [2.05, 4.69) is 19.9 Å². The molecule has 0 radical (unpaired) electrons. The average Bonchev–Trinajstić information content (AvgIpc) is 2.94. The summed E-state index contributed by atoms with van der Waals surface area (Å²) < 4.78 is 5.46. The summed E-state index contributed by atoms with van der Waals surface area (Å²) >= 11 is 0.991. The van der Waals surface area contributed by atoms with Crippen molar-refractivity contribution in [3.05, 3.63) is 53.0 Å². The third kappa shape index (κ3) is 3.50. The Hall–Kier alpha value is -1.69. The third-order valence-corrected chi connectivity index (χ3v) is 5.77. The smallest absolute Gasteiger partial charge is 0.222 e. The van der Waals surface area contributed by atoms with E-state index in [0.29, 0.717) is 16.9 Å². The van der Waals surface area contributed by atoms with Crippen LogP contribution in [0.15, 0.2) is 30.7 Å². The number of carbonyl (C=O) groups is 2. The second kappa shape index (κ2) is 7.28. The van der Waals surface area contributed by atoms with Crippen LogP contribution in [0.3, 0.4) is 0 Å². The molecule has 0 bridgehead atoms. The highest BCUT2D eigenvalue weighted by molar-refractivity contribution is 14.2. The molecule has 8 heteroatoms. The maximum absolute atomic E-state index is 12.1. The van der Waals surface area contributed by atoms with E-state index in [1.54, 1.807) is 45.4 Å². The van der Waals surface area contributed by atoms with Crippen molar-refractivity contribution in [1.82, 2.24) is 14.6 Å². The van der Waals surface area contributed by atoms with Crippen LogP contribution in [0.25, 0.3) is 5.52 Å². The average molecular weight is 560 g/mol. The van der Waals surface area contributed by atoms with Gasteiger partial charge in [-0.1, -0.05) is 16.6 Å². The van der Waals surface area contributed by atoms with E-state index in [0.717, 1.165) is 22.3 Å². The molecule has 0 aliphatic rings. The molecule has 2 aromatic heterocycles. The largest absolute Gasteiger partial charge is 0.338 e. The van der Waals surface area contributed by atoms with Crippen molar-refractivity contribution in [3.8, 4) is 0 Å². The molecule has 128 valence electrons. The molecule has 0 atom stereocenters. The minimum absolute atomic E-state index is 0.0281. The number of benzene rings is 1. The molecular weight excluding hydrogens is 546 g/mol. The van der Waals surface area contributed by atoms with E-state index in [-0.39, 0.29) is 7.58 Å². The van der Waals surface area contributed by atoms with Gasteiger partial charge >= 0.3 is 0 Å². The summed E-state index contributed by atoms with van der Waals surface area (Å²) in [4.78, 5) is 28.1. The number of halogens is 2. The van der Waals surface area contributed by atoms with E-state index in [9.17, 15) is 9.59 Å². The predicted molar refractivity (Wildman–Crippen MR) is 116 cm³/mol. The van der Waals surface area contributed by atoms with Gasteiger partial charge < -0.3 is 5.32 Å². The second-order valence-electron chi connectivity index (χ2n) is 5.41. The first-order chi connectivity index (χ1) is 11.9. The first-order valence-electron chi connectivity index (χ1n) is 7.25. The summed E-state index contributed by atoms with van der Waals surface area (Å²) in [6.07, 6.45) is 3.16. The summed E-state index contributed by atoms with van der Waals surface area (Å²) in [5, 5.41) is 7.48. The Morgan fingerprint density at radius 1 is 1.32 bits per heavy atom. The maximum atomic E-state index is 12.1. The molecular formula is C17H14I2N4O2. The van der Waals surface area contributed by atoms with Crippen LogP contribution in [-0.2, 0) is 0 Å². The zero-order chi connectivity index (χ0) is 18.1. The molecule has 1 N–H and O–H groups in total. The highest BCUT2D eigenvalue weighted by atomic mass is 127. The normalized spacial score (nSPS) is 10.8. The number of rotatable bonds is 5. The van der Waals surface area contributed by atoms with Crippen LogP contribution in [0, 0.1) is 13.8 Å². The standard InChI is InChI=1S/C17H14I2N4O2/c1-9-4-5-11(15(18)24)6-13(9)22-17-14-10(2)12(16(25)19-3)7-23(14)21-8-20-17/h4-8H,3H2,1-2H3,(H,20,21,22). The summed E-state index contributed by atoms with van der Waals surface area (Å²) in [5.74, 6) is 0.593. The SMILES string of the molecule is C=IC(=O)c1cn2ncnc(Nc3cc(C(=O)I)ccc3C)c2c1C. The molecule has 0 aliphatic carbocycles. The van der Waals surface area contributed by atoms with Gasteiger partial charge in [-0.2, -0.15) is 5.10 Å². The molecule has 0 saturated carbocycles. The van der Waals surface area contributed by atoms with Gasteiger partial charge in [-0.25, -0.2) is 9.50 Å². The molecule has 0 unspecified atom stereocenters. The Kier molecular flexibility index (Phi) is 5.27. The lowest BCUT2D eigenvalue weighted by molar-refractivity contribution is 0.109. The van der Waals surface area contributed by atoms with Crippen molar-refractivity contribution in [2.45, 2.75) is 13.8 Å². The van der Waals surface area contributed by atoms with Crippen LogP contribution < -0.4 is 5.32 Å². The fourth-order valence-corrected chi connectivity index (χ4v) is 3.82. The van der Waals surface area contributed by atoms with Crippen molar-refractivity contribution in [1.29, 1.82) is 0 Å². The lowest BCUT2D eigenvalue weighted by Gasteiger charge is -2.11. The molecule has 6 nitrogen and oxygen atoms in total. The highest BCUT2D eigenvalue weighted by Gasteiger charge is 2.17. The molecule has 0 fully saturated rings. The van der Waals surface area contributed by atoms with E-state index >= 15 is 0 Å². The van der Waals surface area contributed by atoms with Crippen molar-refractivity contribution in [3.63, 3.8) is 0 Å². The molecule has 2 heterocycles. The topological polar surface area (TPSA) is 76.4 Å². The lowest BCUT2D eigenvalue weighted by atomic mass is 10.1. The minimum atomic E-state index is -0.774. The number of carbonyl (C=O) groups excluding carboxylic acids is 2. The minimum Gasteiger partial charge on any atom is -0.338 e. The van der Waals surface area contributed by atoms with Crippen LogP contribution in [-0.4, -0.2) is 26.7 Å². The first kappa shape index (κ1) is 18.1. The molecule has 0 amide bonds. The number of nitrogens with one attached hydrogen (secondary N) is 1. The lowest BCUT2D eigenvalue weighted by Crippen LogP contribution is -2.02. The number of fused-ring (bicyclic) bond motifs is 1. The van der Waals surface area contributed by atoms with Crippen LogP contribution in [0.2, 0.25) is 0 Å². The van der Waals surface area contributed by atoms with Crippen molar-refractivity contribution < 1.29 is 9.59 Å². The molecule has 0 spiro atoms. The number of aromatic nitrogens is 3. The van der Waals surface area contributed by atoms with Gasteiger partial charge in [-0.15, -0.1) is 0 Å². The third-order valence-electron chi connectivity index (χ3n) is 3.88. The maximum Gasteiger partial charge on any atom is 0.222 e. The molecule has 0 saturated heterocycles. The Morgan fingerprint density at radius 3 is 2.76 bits per heavy atom. The van der Waals surface area contributed by atoms with Crippen molar-refractivity contribution >= 4 is 72.4 Å². The molecule has 25 heavy (non-hydrogen) atoms. The second-order valence-corrected chi connectivity index (χ2v) is 8.13. The number of aryl methyl sites for hydroxylation is 2. The fraction of sp³-hybridized carbons (Fsp3) is 0.118. The van der Waals surface area contributed by atoms with E-state index in [1.165, 1.54) is 6.33 Å². The van der Waals surface area contributed by atoms with E-state index in [4.69, 9.17) is 0 Å². The molecule has 0 aliphatic heterocycles. The van der Waals surface area contributed by atoms with Gasteiger partial charge in [-0.3, -0.25) is 9.59 Å². The Labute approximate surface area is 167 Å². The van der Waals surface area contributed by atoms with Crippen molar-refractivity contribution in [2.75, 3.05) is 5.32 Å². The van der Waals surface area contributed by atoms with Crippen LogP contribution >= 0.6 is 43.3 Å². The van der Waals surface area contributed by atoms with Gasteiger partial charge in [0.15, 0.2) is 5.82 Å². The Bertz CT molecular complexity index is 1030. The number of hydrogen-bond donors (Lipinski definition) is 1. The quantitative estimate of drug-likeness (QED) is 0.374. The van der Waals surface area contributed by atoms with Crippen LogP contribution in [0.5, 0.6) is 0 Å².